The molecular weight excluding hydrogens is 254 g/mol. The number of methoxy groups -OCH3 is 1. The molecule has 0 unspecified atom stereocenters. The summed E-state index contributed by atoms with van der Waals surface area (Å²) in [7, 11) is 1.64. The van der Waals surface area contributed by atoms with Gasteiger partial charge in [0.2, 0.25) is 5.91 Å². The van der Waals surface area contributed by atoms with E-state index in [1.165, 1.54) is 11.1 Å². The molecule has 0 aliphatic carbocycles. The van der Waals surface area contributed by atoms with Crippen molar-refractivity contribution < 1.29 is 14.3 Å². The summed E-state index contributed by atoms with van der Waals surface area (Å²) in [6.45, 7) is 4.37. The smallest absolute Gasteiger partial charge is 0.220 e. The first kappa shape index (κ1) is 16.7. The van der Waals surface area contributed by atoms with E-state index in [9.17, 15) is 4.79 Å². The molecule has 4 heteroatoms. The number of benzene rings is 1. The van der Waals surface area contributed by atoms with Crippen LogP contribution in [0.5, 0.6) is 0 Å². The Balaban J connectivity index is 2.10. The third kappa shape index (κ3) is 7.26. The largest absolute Gasteiger partial charge is 0.382 e. The quantitative estimate of drug-likeness (QED) is 0.666. The van der Waals surface area contributed by atoms with Gasteiger partial charge in [0.25, 0.3) is 0 Å². The third-order valence-electron chi connectivity index (χ3n) is 3.07. The zero-order valence-corrected chi connectivity index (χ0v) is 12.5. The van der Waals surface area contributed by atoms with E-state index in [2.05, 4.69) is 36.5 Å². The van der Waals surface area contributed by atoms with E-state index in [1.807, 2.05) is 0 Å². The number of hydrogen-bond acceptors (Lipinski definition) is 3. The fraction of sp³-hybridized carbons (Fsp3) is 0.562. The van der Waals surface area contributed by atoms with Crippen LogP contribution in [0.25, 0.3) is 0 Å². The molecule has 0 spiro atoms. The summed E-state index contributed by atoms with van der Waals surface area (Å²) in [4.78, 5) is 11.6. The summed E-state index contributed by atoms with van der Waals surface area (Å²) in [6.07, 6.45) is 2.34. The maximum absolute atomic E-state index is 11.6. The zero-order chi connectivity index (χ0) is 14.6. The van der Waals surface area contributed by atoms with Gasteiger partial charge in [-0.15, -0.1) is 0 Å². The molecule has 112 valence electrons. The fourth-order valence-electron chi connectivity index (χ4n) is 1.79. The van der Waals surface area contributed by atoms with Gasteiger partial charge in [-0.25, -0.2) is 0 Å². The van der Waals surface area contributed by atoms with E-state index < -0.39 is 0 Å². The normalized spacial score (nSPS) is 10.5. The van der Waals surface area contributed by atoms with Gasteiger partial charge >= 0.3 is 0 Å². The van der Waals surface area contributed by atoms with Crippen LogP contribution in [-0.4, -0.2) is 39.4 Å². The first-order valence-corrected chi connectivity index (χ1v) is 7.17. The van der Waals surface area contributed by atoms with Gasteiger partial charge in [-0.3, -0.25) is 4.79 Å². The number of rotatable bonds is 10. The molecule has 0 atom stereocenters. The van der Waals surface area contributed by atoms with Crippen LogP contribution >= 0.6 is 0 Å². The molecule has 0 bridgehead atoms. The minimum Gasteiger partial charge on any atom is -0.382 e. The number of ether oxygens (including phenoxy) is 2. The summed E-state index contributed by atoms with van der Waals surface area (Å²) < 4.78 is 10.1. The third-order valence-corrected chi connectivity index (χ3v) is 3.07. The highest BCUT2D eigenvalue weighted by Crippen LogP contribution is 2.07. The molecule has 1 aromatic carbocycles. The highest BCUT2D eigenvalue weighted by atomic mass is 16.5. The van der Waals surface area contributed by atoms with Crippen molar-refractivity contribution in [1.29, 1.82) is 0 Å². The number of carbonyl (C=O) groups excluding carboxylic acids is 1. The van der Waals surface area contributed by atoms with Crippen LogP contribution in [0.15, 0.2) is 24.3 Å². The summed E-state index contributed by atoms with van der Waals surface area (Å²) in [5, 5.41) is 2.85. The Bertz CT molecular complexity index is 376. The molecule has 0 saturated heterocycles. The molecule has 0 aromatic heterocycles. The van der Waals surface area contributed by atoms with Gasteiger partial charge in [0.1, 0.15) is 0 Å². The lowest BCUT2D eigenvalue weighted by Gasteiger charge is -2.06. The molecule has 20 heavy (non-hydrogen) atoms. The van der Waals surface area contributed by atoms with Gasteiger partial charge in [-0.1, -0.05) is 31.2 Å². The molecule has 0 aliphatic rings. The topological polar surface area (TPSA) is 47.6 Å². The van der Waals surface area contributed by atoms with E-state index in [0.29, 0.717) is 32.8 Å². The average molecular weight is 279 g/mol. The maximum Gasteiger partial charge on any atom is 0.220 e. The van der Waals surface area contributed by atoms with Crippen LogP contribution < -0.4 is 5.32 Å². The fourth-order valence-corrected chi connectivity index (χ4v) is 1.79. The van der Waals surface area contributed by atoms with Crippen LogP contribution in [0.3, 0.4) is 0 Å². The van der Waals surface area contributed by atoms with Gasteiger partial charge in [-0.05, 0) is 24.0 Å². The van der Waals surface area contributed by atoms with Crippen LogP contribution in [-0.2, 0) is 27.1 Å². The second-order valence-electron chi connectivity index (χ2n) is 4.63. The van der Waals surface area contributed by atoms with Gasteiger partial charge in [0.05, 0.1) is 19.8 Å². The first-order valence-electron chi connectivity index (χ1n) is 7.17. The lowest BCUT2D eigenvalue weighted by atomic mass is 10.1. The molecular formula is C16H25NO3. The van der Waals surface area contributed by atoms with Crippen molar-refractivity contribution in [1.82, 2.24) is 5.32 Å². The van der Waals surface area contributed by atoms with Crippen molar-refractivity contribution in [3.63, 3.8) is 0 Å². The monoisotopic (exact) mass is 279 g/mol. The highest BCUT2D eigenvalue weighted by Gasteiger charge is 2.02. The van der Waals surface area contributed by atoms with Gasteiger partial charge < -0.3 is 14.8 Å². The van der Waals surface area contributed by atoms with Crippen molar-refractivity contribution in [2.45, 2.75) is 26.2 Å². The Hall–Kier alpha value is -1.39. The van der Waals surface area contributed by atoms with E-state index in [4.69, 9.17) is 9.47 Å². The molecule has 4 nitrogen and oxygen atoms in total. The van der Waals surface area contributed by atoms with E-state index >= 15 is 0 Å². The molecule has 1 amide bonds. The highest BCUT2D eigenvalue weighted by molar-refractivity contribution is 5.76. The Kier molecular flexibility index (Phi) is 8.67. The number of aryl methyl sites for hydroxylation is 2. The second kappa shape index (κ2) is 10.4. The molecule has 0 radical (unpaired) electrons. The van der Waals surface area contributed by atoms with Crippen LogP contribution in [0, 0.1) is 0 Å². The predicted octanol–water partition coefficient (Wildman–Crippen LogP) is 1.96. The summed E-state index contributed by atoms with van der Waals surface area (Å²) in [5.41, 5.74) is 2.53. The number of nitrogens with one attached hydrogen (secondary N) is 1. The molecule has 0 heterocycles. The SMILES string of the molecule is CCc1ccc(CCC(=O)NCCOCCOC)cc1. The standard InChI is InChI=1S/C16H25NO3/c1-3-14-4-6-15(7-5-14)8-9-16(18)17-10-11-20-13-12-19-2/h4-7H,3,8-13H2,1-2H3,(H,17,18). The lowest BCUT2D eigenvalue weighted by Crippen LogP contribution is -2.27. The Labute approximate surface area is 121 Å². The van der Waals surface area contributed by atoms with Crippen LogP contribution in [0.4, 0.5) is 0 Å². The van der Waals surface area contributed by atoms with Crippen molar-refractivity contribution in [2.75, 3.05) is 33.5 Å². The van der Waals surface area contributed by atoms with Crippen molar-refractivity contribution in [2.24, 2.45) is 0 Å². The molecule has 0 fully saturated rings. The van der Waals surface area contributed by atoms with Gasteiger partial charge in [0, 0.05) is 20.1 Å². The number of amides is 1. The average Bonchev–Trinajstić information content (AvgIpc) is 2.49. The number of carbonyl (C=O) groups is 1. The number of hydrogen-bond donors (Lipinski definition) is 1. The Morgan fingerprint density at radius 3 is 2.45 bits per heavy atom. The summed E-state index contributed by atoms with van der Waals surface area (Å²) in [6, 6.07) is 8.44. The Morgan fingerprint density at radius 1 is 1.10 bits per heavy atom. The van der Waals surface area contributed by atoms with Crippen LogP contribution in [0.2, 0.25) is 0 Å². The van der Waals surface area contributed by atoms with Crippen molar-refractivity contribution in [3.05, 3.63) is 35.4 Å². The molecule has 1 rings (SSSR count). The predicted molar refractivity (Wildman–Crippen MR) is 79.8 cm³/mol. The van der Waals surface area contributed by atoms with Crippen LogP contribution in [0.1, 0.15) is 24.5 Å². The summed E-state index contributed by atoms with van der Waals surface area (Å²) >= 11 is 0. The van der Waals surface area contributed by atoms with E-state index in [-0.39, 0.29) is 5.91 Å². The molecule has 1 aromatic rings. The molecule has 0 aliphatic heterocycles. The second-order valence-corrected chi connectivity index (χ2v) is 4.63. The minimum absolute atomic E-state index is 0.0694. The molecule has 1 N–H and O–H groups in total. The van der Waals surface area contributed by atoms with E-state index in [1.54, 1.807) is 7.11 Å². The Morgan fingerprint density at radius 2 is 1.80 bits per heavy atom. The van der Waals surface area contributed by atoms with Crippen molar-refractivity contribution >= 4 is 5.91 Å². The maximum atomic E-state index is 11.6. The van der Waals surface area contributed by atoms with Gasteiger partial charge in [-0.2, -0.15) is 0 Å². The van der Waals surface area contributed by atoms with Gasteiger partial charge in [0.15, 0.2) is 0 Å². The summed E-state index contributed by atoms with van der Waals surface area (Å²) in [5.74, 6) is 0.0694. The van der Waals surface area contributed by atoms with E-state index in [0.717, 1.165) is 12.8 Å². The molecule has 0 saturated carbocycles. The lowest BCUT2D eigenvalue weighted by molar-refractivity contribution is -0.121. The zero-order valence-electron chi connectivity index (χ0n) is 12.5. The first-order chi connectivity index (χ1) is 9.76. The minimum atomic E-state index is 0.0694. The van der Waals surface area contributed by atoms with Crippen molar-refractivity contribution in [3.8, 4) is 0 Å².